The zero-order valence-electron chi connectivity index (χ0n) is 16.5. The van der Waals surface area contributed by atoms with E-state index in [1.165, 1.54) is 43.7 Å². The molecule has 7 heteroatoms. The Morgan fingerprint density at radius 1 is 1.14 bits per heavy atom. The van der Waals surface area contributed by atoms with Crippen molar-refractivity contribution >= 4 is 34.6 Å². The third kappa shape index (κ3) is 4.79. The topological polar surface area (TPSA) is 72.9 Å². The molecule has 1 aromatic heterocycles. The molecule has 0 radical (unpaired) electrons. The Labute approximate surface area is 175 Å². The molecule has 0 saturated carbocycles. The number of benzene rings is 1. The summed E-state index contributed by atoms with van der Waals surface area (Å²) in [4.78, 5) is 29.6. The predicted molar refractivity (Wildman–Crippen MR) is 116 cm³/mol. The van der Waals surface area contributed by atoms with E-state index in [0.29, 0.717) is 16.5 Å². The smallest absolute Gasteiger partial charge is 0.337 e. The minimum atomic E-state index is -0.964. The van der Waals surface area contributed by atoms with E-state index >= 15 is 0 Å². The van der Waals surface area contributed by atoms with Crippen LogP contribution in [0.3, 0.4) is 0 Å². The van der Waals surface area contributed by atoms with E-state index in [1.54, 1.807) is 18.2 Å². The molecule has 0 unspecified atom stereocenters. The van der Waals surface area contributed by atoms with Crippen molar-refractivity contribution < 1.29 is 14.7 Å². The first-order valence-corrected chi connectivity index (χ1v) is 11.2. The fourth-order valence-corrected chi connectivity index (χ4v) is 5.04. The summed E-state index contributed by atoms with van der Waals surface area (Å²) < 4.78 is 0. The first-order valence-electron chi connectivity index (χ1n) is 10.3. The van der Waals surface area contributed by atoms with Crippen molar-refractivity contribution in [3.8, 4) is 0 Å². The number of carbonyl (C=O) groups is 2. The standard InChI is InChI=1S/C22H27N3O3S/c26-21(20-6-4-12-29-20)23-17-7-8-19(18(13-17)22(27)28)25-11-3-5-16(15-25)14-24-9-1-2-10-24/h4,6-8,12-13,16H,1-3,5,9-11,14-15H2,(H,23,26)(H,27,28)/t16-/m1/s1. The van der Waals surface area contributed by atoms with E-state index in [2.05, 4.69) is 15.1 Å². The highest BCUT2D eigenvalue weighted by Gasteiger charge is 2.26. The number of nitrogens with one attached hydrogen (secondary N) is 1. The van der Waals surface area contributed by atoms with Crippen molar-refractivity contribution in [1.29, 1.82) is 0 Å². The van der Waals surface area contributed by atoms with Crippen molar-refractivity contribution in [2.75, 3.05) is 42.9 Å². The fraction of sp³-hybridized carbons (Fsp3) is 0.455. The summed E-state index contributed by atoms with van der Waals surface area (Å²) in [6.45, 7) is 5.24. The van der Waals surface area contributed by atoms with Crippen LogP contribution in [0.5, 0.6) is 0 Å². The second kappa shape index (κ2) is 8.97. The zero-order chi connectivity index (χ0) is 20.2. The van der Waals surface area contributed by atoms with Crippen LogP contribution in [-0.2, 0) is 0 Å². The van der Waals surface area contributed by atoms with Gasteiger partial charge in [0.05, 0.1) is 16.1 Å². The highest BCUT2D eigenvalue weighted by molar-refractivity contribution is 7.12. The molecule has 2 aromatic rings. The summed E-state index contributed by atoms with van der Waals surface area (Å²) in [5, 5.41) is 14.4. The van der Waals surface area contributed by atoms with Crippen molar-refractivity contribution in [2.45, 2.75) is 25.7 Å². The van der Waals surface area contributed by atoms with Gasteiger partial charge in [0.1, 0.15) is 0 Å². The normalized spacial score (nSPS) is 20.0. The second-order valence-corrected chi connectivity index (χ2v) is 8.88. The number of piperidine rings is 1. The first-order chi connectivity index (χ1) is 14.1. The molecule has 1 atom stereocenters. The minimum absolute atomic E-state index is 0.215. The van der Waals surface area contributed by atoms with Crippen molar-refractivity contribution in [3.63, 3.8) is 0 Å². The van der Waals surface area contributed by atoms with E-state index in [4.69, 9.17) is 0 Å². The highest BCUT2D eigenvalue weighted by Crippen LogP contribution is 2.30. The fourth-order valence-electron chi connectivity index (χ4n) is 4.42. The molecule has 0 spiro atoms. The first kappa shape index (κ1) is 19.9. The quantitative estimate of drug-likeness (QED) is 0.749. The summed E-state index contributed by atoms with van der Waals surface area (Å²) >= 11 is 1.36. The van der Waals surface area contributed by atoms with Gasteiger partial charge < -0.3 is 20.2 Å². The number of carbonyl (C=O) groups excluding carboxylic acids is 1. The van der Waals surface area contributed by atoms with Crippen LogP contribution in [0.4, 0.5) is 11.4 Å². The average molecular weight is 414 g/mol. The summed E-state index contributed by atoms with van der Waals surface area (Å²) in [5.74, 6) is -0.608. The Hall–Kier alpha value is -2.38. The largest absolute Gasteiger partial charge is 0.478 e. The lowest BCUT2D eigenvalue weighted by atomic mass is 9.96. The molecule has 4 rings (SSSR count). The maximum Gasteiger partial charge on any atom is 0.337 e. The molecule has 29 heavy (non-hydrogen) atoms. The number of hydrogen-bond donors (Lipinski definition) is 2. The number of amides is 1. The van der Waals surface area contributed by atoms with Gasteiger partial charge in [-0.1, -0.05) is 6.07 Å². The molecule has 2 aliphatic heterocycles. The second-order valence-electron chi connectivity index (χ2n) is 7.93. The Balaban J connectivity index is 1.48. The minimum Gasteiger partial charge on any atom is -0.478 e. The summed E-state index contributed by atoms with van der Waals surface area (Å²) in [7, 11) is 0. The lowest BCUT2D eigenvalue weighted by molar-refractivity contribution is 0.0697. The summed E-state index contributed by atoms with van der Waals surface area (Å²) in [6, 6.07) is 8.79. The molecule has 1 aromatic carbocycles. The Morgan fingerprint density at radius 3 is 2.69 bits per heavy atom. The molecular formula is C22H27N3O3S. The molecule has 0 bridgehead atoms. The monoisotopic (exact) mass is 413 g/mol. The van der Waals surface area contributed by atoms with Gasteiger partial charge in [-0.25, -0.2) is 4.79 Å². The Kier molecular flexibility index (Phi) is 6.16. The number of hydrogen-bond acceptors (Lipinski definition) is 5. The number of carboxylic acid groups (broad SMARTS) is 1. The number of aromatic carboxylic acids is 1. The molecule has 154 valence electrons. The van der Waals surface area contributed by atoms with Crippen LogP contribution in [0.15, 0.2) is 35.7 Å². The van der Waals surface area contributed by atoms with E-state index in [1.807, 2.05) is 17.5 Å². The van der Waals surface area contributed by atoms with Gasteiger partial charge in [0.2, 0.25) is 0 Å². The Bertz CT molecular complexity index is 862. The zero-order valence-corrected chi connectivity index (χ0v) is 17.3. The van der Waals surface area contributed by atoms with Crippen molar-refractivity contribution in [1.82, 2.24) is 4.90 Å². The van der Waals surface area contributed by atoms with Gasteiger partial charge >= 0.3 is 5.97 Å². The molecule has 2 aliphatic rings. The SMILES string of the molecule is O=C(Nc1ccc(N2CCC[C@H](CN3CCCC3)C2)c(C(=O)O)c1)c1cccs1. The molecule has 2 saturated heterocycles. The third-order valence-corrected chi connectivity index (χ3v) is 6.67. The van der Waals surface area contributed by atoms with Crippen LogP contribution >= 0.6 is 11.3 Å². The lowest BCUT2D eigenvalue weighted by Crippen LogP contribution is -2.41. The molecule has 0 aliphatic carbocycles. The number of rotatable bonds is 6. The number of carboxylic acids is 1. The van der Waals surface area contributed by atoms with Crippen molar-refractivity contribution in [2.24, 2.45) is 5.92 Å². The number of nitrogens with zero attached hydrogens (tertiary/aromatic N) is 2. The van der Waals surface area contributed by atoms with Crippen LogP contribution in [0.1, 0.15) is 45.7 Å². The highest BCUT2D eigenvalue weighted by atomic mass is 32.1. The molecule has 3 heterocycles. The lowest BCUT2D eigenvalue weighted by Gasteiger charge is -2.36. The van der Waals surface area contributed by atoms with E-state index in [9.17, 15) is 14.7 Å². The van der Waals surface area contributed by atoms with Crippen LogP contribution < -0.4 is 10.2 Å². The van der Waals surface area contributed by atoms with Gasteiger partial charge in [0.25, 0.3) is 5.91 Å². The molecule has 2 fully saturated rings. The van der Waals surface area contributed by atoms with Gasteiger partial charge in [-0.2, -0.15) is 0 Å². The Morgan fingerprint density at radius 2 is 1.97 bits per heavy atom. The van der Waals surface area contributed by atoms with Crippen LogP contribution in [-0.4, -0.2) is 54.6 Å². The van der Waals surface area contributed by atoms with Gasteiger partial charge in [-0.05, 0) is 74.3 Å². The number of anilines is 2. The van der Waals surface area contributed by atoms with Gasteiger partial charge in [0.15, 0.2) is 0 Å². The maximum absolute atomic E-state index is 12.3. The molecular weight excluding hydrogens is 386 g/mol. The van der Waals surface area contributed by atoms with Gasteiger partial charge in [-0.3, -0.25) is 4.79 Å². The van der Waals surface area contributed by atoms with Gasteiger partial charge in [-0.15, -0.1) is 11.3 Å². The molecule has 1 amide bonds. The summed E-state index contributed by atoms with van der Waals surface area (Å²) in [6.07, 6.45) is 4.86. The van der Waals surface area contributed by atoms with E-state index in [0.717, 1.165) is 31.7 Å². The van der Waals surface area contributed by atoms with Crippen LogP contribution in [0.25, 0.3) is 0 Å². The van der Waals surface area contributed by atoms with Gasteiger partial charge in [0, 0.05) is 25.3 Å². The van der Waals surface area contributed by atoms with Crippen LogP contribution in [0, 0.1) is 5.92 Å². The number of likely N-dealkylation sites (tertiary alicyclic amines) is 1. The molecule has 2 N–H and O–H groups in total. The average Bonchev–Trinajstić information content (AvgIpc) is 3.42. The number of thiophene rings is 1. The van der Waals surface area contributed by atoms with E-state index < -0.39 is 5.97 Å². The predicted octanol–water partition coefficient (Wildman–Crippen LogP) is 4.01. The van der Waals surface area contributed by atoms with Crippen molar-refractivity contribution in [3.05, 3.63) is 46.2 Å². The van der Waals surface area contributed by atoms with E-state index in [-0.39, 0.29) is 11.5 Å². The molecule has 6 nitrogen and oxygen atoms in total. The third-order valence-electron chi connectivity index (χ3n) is 5.80. The van der Waals surface area contributed by atoms with Crippen LogP contribution in [0.2, 0.25) is 0 Å². The maximum atomic E-state index is 12.3. The summed E-state index contributed by atoms with van der Waals surface area (Å²) in [5.41, 5.74) is 1.50.